The Morgan fingerprint density at radius 3 is 2.25 bits per heavy atom. The summed E-state index contributed by atoms with van der Waals surface area (Å²) in [7, 11) is 0.710. The van der Waals surface area contributed by atoms with Crippen LogP contribution < -0.4 is 5.48 Å². The molecule has 1 heterocycles. The molecule has 0 spiro atoms. The van der Waals surface area contributed by atoms with Crippen molar-refractivity contribution in [2.24, 2.45) is 0 Å². The van der Waals surface area contributed by atoms with Gasteiger partial charge in [0.2, 0.25) is 0 Å². The van der Waals surface area contributed by atoms with Gasteiger partial charge in [-0.05, 0) is 0 Å². The Kier molecular flexibility index (Phi) is 0.631. The largest absolute Gasteiger partial charge is 0.282 e. The first-order valence-corrected chi connectivity index (χ1v) is 2.23. The van der Waals surface area contributed by atoms with Crippen LogP contribution in [0.3, 0.4) is 0 Å². The molecule has 0 aromatic rings. The molecule has 0 aromatic carbocycles. The van der Waals surface area contributed by atoms with Crippen LogP contribution in [0.2, 0.25) is 0 Å². The lowest BCUT2D eigenvalue weighted by atomic mass is 11.5. The molecule has 1 aliphatic heterocycles. The van der Waals surface area contributed by atoms with Gasteiger partial charge in [0.15, 0.2) is 0 Å². The molecule has 1 atom stereocenters. The van der Waals surface area contributed by atoms with Crippen molar-refractivity contribution in [3.05, 3.63) is 0 Å². The van der Waals surface area contributed by atoms with Crippen LogP contribution in [-0.4, -0.2) is 6.29 Å². The third kappa shape index (κ3) is 0.226. The van der Waals surface area contributed by atoms with Crippen molar-refractivity contribution in [1.82, 2.24) is 5.48 Å². The minimum Gasteiger partial charge on any atom is -0.282 e. The summed E-state index contributed by atoms with van der Waals surface area (Å²) in [5.74, 6) is 0. The van der Waals surface area contributed by atoms with Gasteiger partial charge in [0.05, 0.1) is 15.1 Å². The third-order valence-electron chi connectivity index (χ3n) is 0.289. The van der Waals surface area contributed by atoms with Gasteiger partial charge in [-0.25, -0.2) is 0 Å². The molecule has 1 unspecified atom stereocenters. The van der Waals surface area contributed by atoms with Crippen molar-refractivity contribution in [1.29, 1.82) is 0 Å². The lowest BCUT2D eigenvalue weighted by Gasteiger charge is -2.10. The highest BCUT2D eigenvalue weighted by Gasteiger charge is 1.92. The number of nitrogens with one attached hydrogen (secondary N) is 1. The van der Waals surface area contributed by atoms with Crippen molar-refractivity contribution in [2.75, 3.05) is 6.29 Å². The molecular formula is CH4NOP. The van der Waals surface area contributed by atoms with E-state index in [1.54, 1.807) is 0 Å². The van der Waals surface area contributed by atoms with Crippen LogP contribution in [0, 0.1) is 0 Å². The highest BCUT2D eigenvalue weighted by molar-refractivity contribution is 7.33. The first-order valence-electron chi connectivity index (χ1n) is 1.12. The highest BCUT2D eigenvalue weighted by Crippen LogP contribution is 2.14. The fourth-order valence-corrected chi connectivity index (χ4v) is 0.217. The number of hydroxylamine groups is 1. The van der Waals surface area contributed by atoms with Crippen LogP contribution in [0.25, 0.3) is 0 Å². The maximum absolute atomic E-state index is 4.50. The first-order chi connectivity index (χ1) is 2.00. The molecule has 3 heteroatoms. The molecule has 0 aromatic heterocycles. The summed E-state index contributed by atoms with van der Waals surface area (Å²) in [5, 5.41) is 0. The minimum atomic E-state index is 0.710. The van der Waals surface area contributed by atoms with Crippen LogP contribution in [-0.2, 0) is 4.62 Å². The van der Waals surface area contributed by atoms with Gasteiger partial charge in [0.1, 0.15) is 0 Å². The second-order valence-electron chi connectivity index (χ2n) is 0.568. The SMILES string of the molecule is C1NOP1. The Labute approximate surface area is 26.4 Å². The minimum absolute atomic E-state index is 0.710. The molecule has 0 bridgehead atoms. The standard InChI is InChI=1S/CH4NOP/c1-2-3-4-1/h2,4H,1H2. The van der Waals surface area contributed by atoms with Gasteiger partial charge < -0.3 is 0 Å². The molecule has 24 valence electrons. The zero-order valence-corrected chi connectivity index (χ0v) is 3.12. The maximum Gasteiger partial charge on any atom is 0.0649 e. The van der Waals surface area contributed by atoms with E-state index in [-0.39, 0.29) is 0 Å². The van der Waals surface area contributed by atoms with Crippen molar-refractivity contribution >= 4 is 8.81 Å². The van der Waals surface area contributed by atoms with E-state index in [2.05, 4.69) is 10.1 Å². The molecule has 1 saturated heterocycles. The molecule has 4 heavy (non-hydrogen) atoms. The Morgan fingerprint density at radius 2 is 2.25 bits per heavy atom. The summed E-state index contributed by atoms with van der Waals surface area (Å²) < 4.78 is 4.50. The van der Waals surface area contributed by atoms with E-state index < -0.39 is 0 Å². The number of hydrogen-bond acceptors (Lipinski definition) is 2. The average Bonchev–Trinajstić information content (AvgIpc) is 0.722. The fraction of sp³-hybridized carbons (Fsp3) is 1.00. The van der Waals surface area contributed by atoms with Crippen molar-refractivity contribution in [3.8, 4) is 0 Å². The van der Waals surface area contributed by atoms with E-state index in [9.17, 15) is 0 Å². The van der Waals surface area contributed by atoms with Gasteiger partial charge in [0.25, 0.3) is 0 Å². The normalized spacial score (nSPS) is 30.0. The van der Waals surface area contributed by atoms with Crippen LogP contribution >= 0.6 is 8.81 Å². The summed E-state index contributed by atoms with van der Waals surface area (Å²) in [6, 6.07) is 0. The third-order valence-corrected chi connectivity index (χ3v) is 0.866. The van der Waals surface area contributed by atoms with Crippen LogP contribution in [0.5, 0.6) is 0 Å². The number of rotatable bonds is 0. The second-order valence-corrected chi connectivity index (χ2v) is 1.41. The molecule has 1 rings (SSSR count). The molecular weight excluding hydrogens is 73.0 g/mol. The summed E-state index contributed by atoms with van der Waals surface area (Å²) in [6.45, 7) is 0. The quantitative estimate of drug-likeness (QED) is 0.413. The van der Waals surface area contributed by atoms with Gasteiger partial charge in [-0.2, -0.15) is 5.48 Å². The molecule has 0 amide bonds. The van der Waals surface area contributed by atoms with E-state index >= 15 is 0 Å². The van der Waals surface area contributed by atoms with E-state index in [1.165, 1.54) is 0 Å². The molecule has 1 N–H and O–H groups in total. The first kappa shape index (κ1) is 2.58. The monoisotopic (exact) mass is 77.0 g/mol. The topological polar surface area (TPSA) is 21.3 Å². The highest BCUT2D eigenvalue weighted by atomic mass is 31.1. The van der Waals surface area contributed by atoms with E-state index in [1.807, 2.05) is 0 Å². The maximum atomic E-state index is 4.50. The predicted octanol–water partition coefficient (Wildman–Crippen LogP) is 0.0722. The van der Waals surface area contributed by atoms with Crippen LogP contribution in [0.1, 0.15) is 0 Å². The lowest BCUT2D eigenvalue weighted by Crippen LogP contribution is -2.17. The summed E-state index contributed by atoms with van der Waals surface area (Å²) in [6.07, 6.45) is 1.06. The Hall–Kier alpha value is 0.350. The Bertz CT molecular complexity index is 16.0. The molecule has 2 nitrogen and oxygen atoms in total. The lowest BCUT2D eigenvalue weighted by molar-refractivity contribution is 0.202. The molecule has 1 fully saturated rings. The molecule has 0 aliphatic carbocycles. The smallest absolute Gasteiger partial charge is 0.0649 e. The van der Waals surface area contributed by atoms with Gasteiger partial charge in [-0.1, -0.05) is 0 Å². The van der Waals surface area contributed by atoms with Crippen LogP contribution in [0.4, 0.5) is 0 Å². The van der Waals surface area contributed by atoms with Crippen LogP contribution in [0.15, 0.2) is 0 Å². The predicted molar refractivity (Wildman–Crippen MR) is 17.4 cm³/mol. The summed E-state index contributed by atoms with van der Waals surface area (Å²) in [5.41, 5.74) is 2.62. The van der Waals surface area contributed by atoms with Crippen molar-refractivity contribution < 1.29 is 4.62 Å². The molecule has 0 saturated carbocycles. The fourth-order valence-electron chi connectivity index (χ4n) is 0.0722. The van der Waals surface area contributed by atoms with E-state index in [0.717, 1.165) is 6.29 Å². The zero-order valence-electron chi connectivity index (χ0n) is 2.12. The second kappa shape index (κ2) is 0.978. The zero-order chi connectivity index (χ0) is 2.83. The van der Waals surface area contributed by atoms with Gasteiger partial charge >= 0.3 is 0 Å². The van der Waals surface area contributed by atoms with Crippen molar-refractivity contribution in [2.45, 2.75) is 0 Å². The molecule has 1 aliphatic rings. The average molecular weight is 77.0 g/mol. The Balaban J connectivity index is 2.00. The van der Waals surface area contributed by atoms with Gasteiger partial charge in [-0.3, -0.25) is 4.62 Å². The van der Waals surface area contributed by atoms with E-state index in [4.69, 9.17) is 0 Å². The molecule has 0 radical (unpaired) electrons. The van der Waals surface area contributed by atoms with Crippen molar-refractivity contribution in [3.63, 3.8) is 0 Å². The van der Waals surface area contributed by atoms with E-state index in [0.29, 0.717) is 8.81 Å². The summed E-state index contributed by atoms with van der Waals surface area (Å²) in [4.78, 5) is 0. The van der Waals surface area contributed by atoms with Gasteiger partial charge in [-0.15, -0.1) is 0 Å². The van der Waals surface area contributed by atoms with Gasteiger partial charge in [0, 0.05) is 0 Å². The number of hydrogen-bond donors (Lipinski definition) is 1. The Morgan fingerprint density at radius 1 is 2.00 bits per heavy atom. The summed E-state index contributed by atoms with van der Waals surface area (Å²) >= 11 is 0.